The fraction of sp³-hybridized carbons (Fsp3) is 0.391. The van der Waals surface area contributed by atoms with Gasteiger partial charge in [0.05, 0.1) is 0 Å². The van der Waals surface area contributed by atoms with Crippen LogP contribution < -0.4 is 0 Å². The molecule has 1 aliphatic rings. The van der Waals surface area contributed by atoms with Crippen LogP contribution in [0.1, 0.15) is 35.9 Å². The van der Waals surface area contributed by atoms with E-state index in [9.17, 15) is 0 Å². The Bertz CT molecular complexity index is 686. The largest absolute Gasteiger partial charge is 0.353 e. The van der Waals surface area contributed by atoms with Gasteiger partial charge in [-0.15, -0.1) is 5.54 Å². The van der Waals surface area contributed by atoms with Gasteiger partial charge >= 0.3 is 0 Å². The van der Waals surface area contributed by atoms with Crippen LogP contribution in [0.15, 0.2) is 60.7 Å². The van der Waals surface area contributed by atoms with E-state index in [0.29, 0.717) is 12.1 Å². The molecule has 3 heteroatoms. The normalized spacial score (nSPS) is 17.6. The lowest BCUT2D eigenvalue weighted by Gasteiger charge is -2.29. The molecule has 0 amide bonds. The van der Waals surface area contributed by atoms with E-state index in [1.807, 2.05) is 0 Å². The second-order valence-electron chi connectivity index (χ2n) is 7.38. The van der Waals surface area contributed by atoms with Crippen molar-refractivity contribution in [1.82, 2.24) is 0 Å². The monoisotopic (exact) mass is 364 g/mol. The predicted octanol–water partition coefficient (Wildman–Crippen LogP) is 5.15. The topological polar surface area (TPSA) is 18.5 Å². The Balaban J connectivity index is 1.76. The number of hydrogen-bond donors (Lipinski definition) is 0. The summed E-state index contributed by atoms with van der Waals surface area (Å²) < 4.78 is 11.4. The van der Waals surface area contributed by atoms with Crippen LogP contribution >= 0.6 is 0 Å². The SMILES string of the molecule is C[Si](C)(C#CCOC1CCCCO1)C(c1ccccc1)c1ccccc1. The molecule has 26 heavy (non-hydrogen) atoms. The number of ether oxygens (including phenoxy) is 2. The third-order valence-corrected chi connectivity index (χ3v) is 7.81. The third-order valence-electron chi connectivity index (χ3n) is 4.88. The minimum atomic E-state index is -1.88. The van der Waals surface area contributed by atoms with Gasteiger partial charge in [0.2, 0.25) is 0 Å². The van der Waals surface area contributed by atoms with Crippen molar-refractivity contribution in [3.63, 3.8) is 0 Å². The van der Waals surface area contributed by atoms with Gasteiger partial charge in [-0.2, -0.15) is 0 Å². The van der Waals surface area contributed by atoms with Crippen LogP contribution in [-0.4, -0.2) is 27.6 Å². The van der Waals surface area contributed by atoms with Crippen LogP contribution in [0, 0.1) is 11.5 Å². The molecule has 2 nitrogen and oxygen atoms in total. The maximum Gasteiger partial charge on any atom is 0.158 e. The molecule has 0 aromatic heterocycles. The van der Waals surface area contributed by atoms with E-state index >= 15 is 0 Å². The van der Waals surface area contributed by atoms with E-state index in [2.05, 4.69) is 85.2 Å². The highest BCUT2D eigenvalue weighted by Gasteiger charge is 2.33. The summed E-state index contributed by atoms with van der Waals surface area (Å²) in [4.78, 5) is 0. The molecule has 3 rings (SSSR count). The van der Waals surface area contributed by atoms with Gasteiger partial charge in [0.15, 0.2) is 6.29 Å². The van der Waals surface area contributed by atoms with E-state index in [4.69, 9.17) is 9.47 Å². The molecule has 136 valence electrons. The Morgan fingerprint density at radius 2 is 1.62 bits per heavy atom. The van der Waals surface area contributed by atoms with Crippen LogP contribution in [0.4, 0.5) is 0 Å². The first-order chi connectivity index (χ1) is 12.7. The molecule has 1 atom stereocenters. The van der Waals surface area contributed by atoms with E-state index in [1.165, 1.54) is 17.5 Å². The molecule has 1 unspecified atom stereocenters. The highest BCUT2D eigenvalue weighted by molar-refractivity contribution is 6.86. The molecule has 0 spiro atoms. The van der Waals surface area contributed by atoms with Crippen LogP contribution in [0.25, 0.3) is 0 Å². The Kier molecular flexibility index (Phi) is 6.68. The van der Waals surface area contributed by atoms with Gasteiger partial charge in [-0.1, -0.05) is 79.7 Å². The first-order valence-electron chi connectivity index (χ1n) is 9.50. The lowest BCUT2D eigenvalue weighted by Crippen LogP contribution is -2.34. The van der Waals surface area contributed by atoms with Crippen molar-refractivity contribution in [2.24, 2.45) is 0 Å². The summed E-state index contributed by atoms with van der Waals surface area (Å²) in [6.07, 6.45) is 3.24. The average Bonchev–Trinajstić information content (AvgIpc) is 2.68. The lowest BCUT2D eigenvalue weighted by molar-refractivity contribution is -0.154. The fourth-order valence-electron chi connectivity index (χ4n) is 3.63. The van der Waals surface area contributed by atoms with Gasteiger partial charge in [0.25, 0.3) is 0 Å². The minimum absolute atomic E-state index is 0.0677. The molecule has 1 heterocycles. The maximum absolute atomic E-state index is 5.80. The average molecular weight is 365 g/mol. The Labute approximate surface area is 158 Å². The number of benzene rings is 2. The van der Waals surface area contributed by atoms with Crippen molar-refractivity contribution in [1.29, 1.82) is 0 Å². The summed E-state index contributed by atoms with van der Waals surface area (Å²) >= 11 is 0. The van der Waals surface area contributed by atoms with Gasteiger partial charge < -0.3 is 9.47 Å². The fourth-order valence-corrected chi connectivity index (χ4v) is 6.35. The zero-order valence-corrected chi connectivity index (χ0v) is 16.8. The summed E-state index contributed by atoms with van der Waals surface area (Å²) in [5.41, 5.74) is 6.65. The molecule has 2 aromatic rings. The van der Waals surface area contributed by atoms with Gasteiger partial charge in [-0.3, -0.25) is 0 Å². The summed E-state index contributed by atoms with van der Waals surface area (Å²) in [6.45, 7) is 5.96. The summed E-state index contributed by atoms with van der Waals surface area (Å²) in [6, 6.07) is 21.5. The van der Waals surface area contributed by atoms with Crippen molar-refractivity contribution in [3.8, 4) is 11.5 Å². The molecule has 0 saturated carbocycles. The highest BCUT2D eigenvalue weighted by Crippen LogP contribution is 2.33. The Morgan fingerprint density at radius 3 is 2.15 bits per heavy atom. The van der Waals surface area contributed by atoms with Gasteiger partial charge in [0, 0.05) is 12.1 Å². The van der Waals surface area contributed by atoms with E-state index in [-0.39, 0.29) is 6.29 Å². The van der Waals surface area contributed by atoms with Gasteiger partial charge in [-0.05, 0) is 30.4 Å². The van der Waals surface area contributed by atoms with E-state index < -0.39 is 8.07 Å². The second kappa shape index (κ2) is 9.18. The Hall–Kier alpha value is -1.86. The molecule has 0 aliphatic carbocycles. The lowest BCUT2D eigenvalue weighted by atomic mass is 10.0. The summed E-state index contributed by atoms with van der Waals surface area (Å²) in [5.74, 6) is 3.30. The van der Waals surface area contributed by atoms with Crippen LogP contribution in [-0.2, 0) is 9.47 Å². The van der Waals surface area contributed by atoms with Crippen molar-refractivity contribution >= 4 is 8.07 Å². The minimum Gasteiger partial charge on any atom is -0.353 e. The van der Waals surface area contributed by atoms with Crippen molar-refractivity contribution < 1.29 is 9.47 Å². The quantitative estimate of drug-likeness (QED) is 0.539. The molecule has 2 aromatic carbocycles. The van der Waals surface area contributed by atoms with Crippen LogP contribution in [0.3, 0.4) is 0 Å². The summed E-state index contributed by atoms with van der Waals surface area (Å²) in [5, 5.41) is 0. The first kappa shape index (κ1) is 18.9. The zero-order valence-electron chi connectivity index (χ0n) is 15.8. The molecular formula is C23H28O2Si. The molecule has 1 aliphatic heterocycles. The van der Waals surface area contributed by atoms with Crippen LogP contribution in [0.5, 0.6) is 0 Å². The summed E-state index contributed by atoms with van der Waals surface area (Å²) in [7, 11) is -1.88. The highest BCUT2D eigenvalue weighted by atomic mass is 28.3. The second-order valence-corrected chi connectivity index (χ2v) is 11.7. The molecule has 0 radical (unpaired) electrons. The van der Waals surface area contributed by atoms with Crippen molar-refractivity contribution in [3.05, 3.63) is 71.8 Å². The number of rotatable bonds is 5. The number of hydrogen-bond acceptors (Lipinski definition) is 2. The zero-order chi connectivity index (χ0) is 18.2. The molecule has 0 bridgehead atoms. The van der Waals surface area contributed by atoms with Crippen molar-refractivity contribution in [2.75, 3.05) is 13.2 Å². The van der Waals surface area contributed by atoms with Gasteiger partial charge in [0.1, 0.15) is 14.7 Å². The molecule has 1 saturated heterocycles. The Morgan fingerprint density at radius 1 is 1.00 bits per heavy atom. The first-order valence-corrected chi connectivity index (χ1v) is 12.6. The molecular weight excluding hydrogens is 336 g/mol. The standard InChI is InChI=1S/C23H28O2Si/c1-26(2,19-11-18-25-22-16-9-10-17-24-22)23(20-12-5-3-6-13-20)21-14-7-4-8-15-21/h3-8,12-15,22-23H,9-10,16-18H2,1-2H3. The van der Waals surface area contributed by atoms with E-state index in [0.717, 1.165) is 19.4 Å². The van der Waals surface area contributed by atoms with Gasteiger partial charge in [-0.25, -0.2) is 0 Å². The smallest absolute Gasteiger partial charge is 0.158 e. The third kappa shape index (κ3) is 5.08. The molecule has 1 fully saturated rings. The maximum atomic E-state index is 5.80. The van der Waals surface area contributed by atoms with Crippen molar-refractivity contribution in [2.45, 2.75) is 44.2 Å². The predicted molar refractivity (Wildman–Crippen MR) is 110 cm³/mol. The molecule has 0 N–H and O–H groups in total. The van der Waals surface area contributed by atoms with Crippen LogP contribution in [0.2, 0.25) is 13.1 Å². The van der Waals surface area contributed by atoms with E-state index in [1.54, 1.807) is 0 Å².